The number of carbonyl (C=O) groups excluding carboxylic acids is 1. The van der Waals surface area contributed by atoms with Crippen molar-refractivity contribution in [3.63, 3.8) is 0 Å². The highest BCUT2D eigenvalue weighted by atomic mass is 16.1. The van der Waals surface area contributed by atoms with Crippen molar-refractivity contribution >= 4 is 16.8 Å². The number of aromatic amines is 2. The molecule has 1 atom stereocenters. The summed E-state index contributed by atoms with van der Waals surface area (Å²) in [4.78, 5) is 30.8. The van der Waals surface area contributed by atoms with E-state index in [-0.39, 0.29) is 17.3 Å². The molecule has 1 aliphatic carbocycles. The lowest BCUT2D eigenvalue weighted by Crippen LogP contribution is -2.22. The fourth-order valence-corrected chi connectivity index (χ4v) is 5.51. The van der Waals surface area contributed by atoms with Crippen LogP contribution >= 0.6 is 0 Å². The lowest BCUT2D eigenvalue weighted by molar-refractivity contribution is -0.121. The van der Waals surface area contributed by atoms with E-state index in [1.165, 1.54) is 0 Å². The molecule has 0 bridgehead atoms. The first-order valence-corrected chi connectivity index (χ1v) is 13.6. The number of H-pyrrole nitrogens is 2. The standard InChI is InChI=1S/C29H30N8O2/c1-2-3-12-24-30-26-25(22-10-6-7-11-23(22)38)31-34-29(39)27(26)37(24)17-18-13-15-19(16-14-18)20-8-4-5-9-21(20)28-32-35-36-33-28/h4-5,8-9,13-16,22H,2-3,6-7,10-12,17H2,1H3,(H,34,39)(H,32,33,35,36). The van der Waals surface area contributed by atoms with E-state index in [0.29, 0.717) is 35.5 Å². The number of hydrogen-bond acceptors (Lipinski definition) is 7. The monoisotopic (exact) mass is 522 g/mol. The van der Waals surface area contributed by atoms with Crippen LogP contribution in [0.1, 0.15) is 68.4 Å². The number of unbranched alkanes of at least 4 members (excludes halogenated alkanes) is 1. The number of benzene rings is 2. The van der Waals surface area contributed by atoms with E-state index < -0.39 is 0 Å². The zero-order valence-electron chi connectivity index (χ0n) is 21.9. The van der Waals surface area contributed by atoms with Gasteiger partial charge in [-0.2, -0.15) is 10.3 Å². The average Bonchev–Trinajstić information content (AvgIpc) is 3.63. The molecular formula is C29H30N8O2. The topological polar surface area (TPSA) is 135 Å². The Morgan fingerprint density at radius 1 is 1.00 bits per heavy atom. The molecule has 1 aliphatic rings. The highest BCUT2D eigenvalue weighted by molar-refractivity contribution is 5.90. The second-order valence-corrected chi connectivity index (χ2v) is 10.1. The lowest BCUT2D eigenvalue weighted by atomic mass is 9.85. The Morgan fingerprint density at radius 2 is 1.82 bits per heavy atom. The summed E-state index contributed by atoms with van der Waals surface area (Å²) in [6.07, 6.45) is 5.91. The molecule has 3 heterocycles. The van der Waals surface area contributed by atoms with Crippen molar-refractivity contribution in [2.75, 3.05) is 0 Å². The summed E-state index contributed by atoms with van der Waals surface area (Å²) in [7, 11) is 0. The predicted molar refractivity (Wildman–Crippen MR) is 147 cm³/mol. The summed E-state index contributed by atoms with van der Waals surface area (Å²) >= 11 is 0. The van der Waals surface area contributed by atoms with E-state index in [2.05, 4.69) is 62.0 Å². The van der Waals surface area contributed by atoms with Crippen molar-refractivity contribution in [3.05, 3.63) is 76.0 Å². The number of imidazole rings is 1. The first kappa shape index (κ1) is 24.8. The summed E-state index contributed by atoms with van der Waals surface area (Å²) in [5.74, 6) is 1.27. The second kappa shape index (κ2) is 10.7. The highest BCUT2D eigenvalue weighted by Gasteiger charge is 2.30. The van der Waals surface area contributed by atoms with E-state index in [1.54, 1.807) is 0 Å². The Morgan fingerprint density at radius 3 is 2.56 bits per heavy atom. The third-order valence-electron chi connectivity index (χ3n) is 7.54. The van der Waals surface area contributed by atoms with Gasteiger partial charge in [0.15, 0.2) is 0 Å². The Hall–Kier alpha value is -4.47. The van der Waals surface area contributed by atoms with Crippen LogP contribution in [0.25, 0.3) is 33.5 Å². The van der Waals surface area contributed by atoms with Gasteiger partial charge in [-0.1, -0.05) is 68.3 Å². The molecule has 39 heavy (non-hydrogen) atoms. The SMILES string of the molecule is CCCCc1nc2c(C3CCCCC3=O)n[nH]c(=O)c2n1Cc1ccc(-c2ccccc2-c2nn[nH]n2)cc1. The molecule has 0 radical (unpaired) electrons. The third kappa shape index (κ3) is 4.78. The second-order valence-electron chi connectivity index (χ2n) is 10.1. The molecule has 2 N–H and O–H groups in total. The third-order valence-corrected chi connectivity index (χ3v) is 7.54. The van der Waals surface area contributed by atoms with Crippen LogP contribution in [0.4, 0.5) is 0 Å². The number of rotatable bonds is 8. The van der Waals surface area contributed by atoms with Crippen molar-refractivity contribution < 1.29 is 4.79 Å². The molecule has 10 heteroatoms. The number of Topliss-reactive ketones (excluding diaryl/α,β-unsaturated/α-hetero) is 1. The number of carbonyl (C=O) groups is 1. The number of fused-ring (bicyclic) bond motifs is 1. The van der Waals surface area contributed by atoms with Crippen molar-refractivity contribution in [1.82, 2.24) is 40.4 Å². The largest absolute Gasteiger partial charge is 0.319 e. The fourth-order valence-electron chi connectivity index (χ4n) is 5.51. The predicted octanol–water partition coefficient (Wildman–Crippen LogP) is 4.58. The molecule has 3 aromatic heterocycles. The van der Waals surface area contributed by atoms with Crippen LogP contribution in [0.3, 0.4) is 0 Å². The number of ketones is 1. The minimum absolute atomic E-state index is 0.184. The minimum Gasteiger partial charge on any atom is -0.319 e. The van der Waals surface area contributed by atoms with Gasteiger partial charge in [-0.05, 0) is 41.2 Å². The fraction of sp³-hybridized carbons (Fsp3) is 0.345. The Bertz CT molecular complexity index is 1670. The summed E-state index contributed by atoms with van der Waals surface area (Å²) in [6, 6.07) is 16.2. The quantitative estimate of drug-likeness (QED) is 0.304. The van der Waals surface area contributed by atoms with E-state index >= 15 is 0 Å². The van der Waals surface area contributed by atoms with Crippen molar-refractivity contribution in [3.8, 4) is 22.5 Å². The van der Waals surface area contributed by atoms with E-state index in [1.807, 2.05) is 28.8 Å². The minimum atomic E-state index is -0.306. The van der Waals surface area contributed by atoms with Gasteiger partial charge in [0.05, 0.1) is 11.6 Å². The van der Waals surface area contributed by atoms with Crippen molar-refractivity contribution in [2.24, 2.45) is 0 Å². The molecule has 2 aromatic carbocycles. The molecular weight excluding hydrogens is 492 g/mol. The number of nitrogens with zero attached hydrogens (tertiary/aromatic N) is 6. The van der Waals surface area contributed by atoms with Crippen LogP contribution in [-0.2, 0) is 17.8 Å². The van der Waals surface area contributed by atoms with Gasteiger partial charge in [-0.25, -0.2) is 10.1 Å². The molecule has 198 valence electrons. The maximum absolute atomic E-state index is 13.1. The van der Waals surface area contributed by atoms with Gasteiger partial charge in [0.1, 0.15) is 22.6 Å². The van der Waals surface area contributed by atoms with Gasteiger partial charge in [-0.3, -0.25) is 9.59 Å². The maximum Gasteiger partial charge on any atom is 0.290 e. The van der Waals surface area contributed by atoms with Gasteiger partial charge in [0.2, 0.25) is 5.82 Å². The number of hydrogen-bond donors (Lipinski definition) is 2. The van der Waals surface area contributed by atoms with Gasteiger partial charge in [0.25, 0.3) is 5.56 Å². The first-order chi connectivity index (χ1) is 19.1. The van der Waals surface area contributed by atoms with Crippen LogP contribution in [0, 0.1) is 0 Å². The number of aromatic nitrogens is 8. The van der Waals surface area contributed by atoms with Crippen LogP contribution in [0.15, 0.2) is 53.3 Å². The van der Waals surface area contributed by atoms with Gasteiger partial charge >= 0.3 is 0 Å². The van der Waals surface area contributed by atoms with Crippen LogP contribution in [0.2, 0.25) is 0 Å². The Kier molecular flexibility index (Phi) is 6.83. The smallest absolute Gasteiger partial charge is 0.290 e. The number of nitrogens with one attached hydrogen (secondary N) is 2. The molecule has 1 saturated carbocycles. The van der Waals surface area contributed by atoms with Crippen molar-refractivity contribution in [2.45, 2.75) is 64.3 Å². The zero-order chi connectivity index (χ0) is 26.8. The molecule has 6 rings (SSSR count). The van der Waals surface area contributed by atoms with Crippen LogP contribution in [-0.4, -0.2) is 46.2 Å². The molecule has 0 aliphatic heterocycles. The van der Waals surface area contributed by atoms with Gasteiger partial charge in [0, 0.05) is 24.9 Å². The lowest BCUT2D eigenvalue weighted by Gasteiger charge is -2.19. The molecule has 5 aromatic rings. The molecule has 1 unspecified atom stereocenters. The first-order valence-electron chi connectivity index (χ1n) is 13.6. The molecule has 0 spiro atoms. The summed E-state index contributed by atoms with van der Waals surface area (Å²) < 4.78 is 2.00. The Labute approximate surface area is 224 Å². The van der Waals surface area contributed by atoms with Crippen LogP contribution < -0.4 is 5.56 Å². The molecule has 10 nitrogen and oxygen atoms in total. The summed E-state index contributed by atoms with van der Waals surface area (Å²) in [5.41, 5.74) is 5.36. The van der Waals surface area contributed by atoms with Gasteiger partial charge < -0.3 is 4.57 Å². The van der Waals surface area contributed by atoms with Crippen LogP contribution in [0.5, 0.6) is 0 Å². The normalized spacial score (nSPS) is 15.7. The van der Waals surface area contributed by atoms with E-state index in [0.717, 1.165) is 66.6 Å². The summed E-state index contributed by atoms with van der Waals surface area (Å²) in [5, 5.41) is 21.5. The van der Waals surface area contributed by atoms with E-state index in [9.17, 15) is 9.59 Å². The number of aryl methyl sites for hydroxylation is 1. The van der Waals surface area contributed by atoms with Crippen molar-refractivity contribution in [1.29, 1.82) is 0 Å². The molecule has 0 saturated heterocycles. The highest BCUT2D eigenvalue weighted by Crippen LogP contribution is 2.33. The maximum atomic E-state index is 13.1. The van der Waals surface area contributed by atoms with Gasteiger partial charge in [-0.15, -0.1) is 10.2 Å². The Balaban J connectivity index is 1.38. The number of tetrazole rings is 1. The molecule has 1 fully saturated rings. The zero-order valence-corrected chi connectivity index (χ0v) is 21.9. The average molecular weight is 523 g/mol. The molecule has 0 amide bonds. The summed E-state index contributed by atoms with van der Waals surface area (Å²) in [6.45, 7) is 2.63. The van der Waals surface area contributed by atoms with E-state index in [4.69, 9.17) is 4.98 Å².